The number of rotatable bonds is 7. The van der Waals surface area contributed by atoms with Gasteiger partial charge in [-0.05, 0) is 76.2 Å². The average Bonchev–Trinajstić information content (AvgIpc) is 3.29. The number of ketones is 1. The first kappa shape index (κ1) is 27.6. The fourth-order valence-electron chi connectivity index (χ4n) is 5.88. The molecule has 5 aromatic rings. The zero-order chi connectivity index (χ0) is 29.5. The average molecular weight is 566 g/mol. The van der Waals surface area contributed by atoms with E-state index in [4.69, 9.17) is 9.40 Å². The largest absolute Gasteiger partial charge is 0.422 e. The first-order valence-electron chi connectivity index (χ1n) is 14.3. The lowest BCUT2D eigenvalue weighted by Crippen LogP contribution is -2.37. The summed E-state index contributed by atoms with van der Waals surface area (Å²) in [5.74, 6) is 0.422. The second kappa shape index (κ2) is 11.0. The van der Waals surface area contributed by atoms with Crippen LogP contribution in [0.2, 0.25) is 0 Å². The Morgan fingerprint density at radius 2 is 1.83 bits per heavy atom. The van der Waals surface area contributed by atoms with Gasteiger partial charge in [-0.15, -0.1) is 0 Å². The fourth-order valence-corrected chi connectivity index (χ4v) is 5.88. The molecule has 10 heteroatoms. The van der Waals surface area contributed by atoms with Gasteiger partial charge in [-0.25, -0.2) is 14.8 Å². The molecular formula is C32H35N7O3. The van der Waals surface area contributed by atoms with Crippen molar-refractivity contribution in [2.45, 2.75) is 45.6 Å². The molecule has 42 heavy (non-hydrogen) atoms. The Balaban J connectivity index is 1.32. The molecule has 10 nitrogen and oxygen atoms in total. The molecule has 0 spiro atoms. The Bertz CT molecular complexity index is 1870. The third-order valence-electron chi connectivity index (χ3n) is 7.96. The van der Waals surface area contributed by atoms with Crippen LogP contribution in [0.4, 0.5) is 17.3 Å². The van der Waals surface area contributed by atoms with Crippen molar-refractivity contribution >= 4 is 45.0 Å². The molecule has 0 saturated carbocycles. The molecular weight excluding hydrogens is 530 g/mol. The Hall–Kier alpha value is -4.57. The normalized spacial score (nSPS) is 14.6. The van der Waals surface area contributed by atoms with Crippen LogP contribution in [0, 0.1) is 0 Å². The molecule has 0 amide bonds. The van der Waals surface area contributed by atoms with E-state index in [-0.39, 0.29) is 17.4 Å². The number of piperidine rings is 1. The fraction of sp³-hybridized carbons (Fsp3) is 0.344. The summed E-state index contributed by atoms with van der Waals surface area (Å²) in [6, 6.07) is 13.7. The summed E-state index contributed by atoms with van der Waals surface area (Å²) in [6.07, 6.45) is 3.57. The van der Waals surface area contributed by atoms with Crippen molar-refractivity contribution in [1.29, 1.82) is 0 Å². The zero-order valence-electron chi connectivity index (χ0n) is 24.6. The Labute approximate surface area is 243 Å². The molecule has 4 heterocycles. The van der Waals surface area contributed by atoms with Crippen molar-refractivity contribution in [2.24, 2.45) is 7.05 Å². The van der Waals surface area contributed by atoms with Crippen molar-refractivity contribution in [1.82, 2.24) is 24.6 Å². The van der Waals surface area contributed by atoms with Crippen LogP contribution in [-0.2, 0) is 7.05 Å². The van der Waals surface area contributed by atoms with E-state index in [1.807, 2.05) is 42.1 Å². The molecule has 216 valence electrons. The molecule has 1 aliphatic heterocycles. The highest BCUT2D eigenvalue weighted by Crippen LogP contribution is 2.32. The molecule has 1 aliphatic rings. The maximum absolute atomic E-state index is 12.9. The van der Waals surface area contributed by atoms with Crippen LogP contribution in [0.5, 0.6) is 0 Å². The summed E-state index contributed by atoms with van der Waals surface area (Å²) in [7, 11) is 4.07. The van der Waals surface area contributed by atoms with Gasteiger partial charge in [0, 0.05) is 53.1 Å². The third kappa shape index (κ3) is 5.25. The number of carbonyl (C=O) groups excluding carboxylic acids is 1. The molecule has 6 rings (SSSR count). The van der Waals surface area contributed by atoms with Crippen molar-refractivity contribution in [3.63, 3.8) is 0 Å². The number of aromatic nitrogens is 4. The number of aryl methyl sites for hydroxylation is 1. The highest BCUT2D eigenvalue weighted by molar-refractivity contribution is 6.06. The summed E-state index contributed by atoms with van der Waals surface area (Å²) in [4.78, 5) is 36.8. The number of anilines is 3. The van der Waals surface area contributed by atoms with Crippen molar-refractivity contribution in [3.05, 3.63) is 70.3 Å². The lowest BCUT2D eigenvalue weighted by Gasteiger charge is -2.30. The van der Waals surface area contributed by atoms with Gasteiger partial charge in [0.25, 0.3) is 0 Å². The van der Waals surface area contributed by atoms with Gasteiger partial charge < -0.3 is 20.0 Å². The zero-order valence-corrected chi connectivity index (χ0v) is 24.6. The van der Waals surface area contributed by atoms with Crippen LogP contribution in [-0.4, -0.2) is 56.6 Å². The van der Waals surface area contributed by atoms with Crippen LogP contribution < -0.4 is 16.3 Å². The number of carbonyl (C=O) groups is 1. The first-order valence-corrected chi connectivity index (χ1v) is 14.3. The van der Waals surface area contributed by atoms with E-state index in [0.717, 1.165) is 48.1 Å². The van der Waals surface area contributed by atoms with Gasteiger partial charge in [0.15, 0.2) is 5.78 Å². The smallest absolute Gasteiger partial charge is 0.349 e. The quantitative estimate of drug-likeness (QED) is 0.189. The predicted molar refractivity (Wildman–Crippen MR) is 166 cm³/mol. The number of likely N-dealkylation sites (tertiary alicyclic amines) is 1. The van der Waals surface area contributed by atoms with Gasteiger partial charge >= 0.3 is 5.63 Å². The van der Waals surface area contributed by atoms with Crippen LogP contribution in [0.15, 0.2) is 57.9 Å². The van der Waals surface area contributed by atoms with Gasteiger partial charge in [-0.1, -0.05) is 19.9 Å². The molecule has 3 aromatic heterocycles. The van der Waals surface area contributed by atoms with Gasteiger partial charge in [-0.3, -0.25) is 9.48 Å². The highest BCUT2D eigenvalue weighted by Gasteiger charge is 2.23. The van der Waals surface area contributed by atoms with E-state index in [1.165, 1.54) is 12.6 Å². The Kier molecular flexibility index (Phi) is 7.24. The van der Waals surface area contributed by atoms with Crippen LogP contribution in [0.1, 0.15) is 55.6 Å². The SMILES string of the molecule is CC(=O)c1c(NC2CCN(C)CC2)c2ccc(Nc3nccc(-c4ccc5nn(C)c(C(C)C)c5c4)n3)cc2oc1=O. The number of Topliss-reactive ketones (excluding diaryl/α,β-unsaturated/α-hetero) is 1. The number of hydrogen-bond donors (Lipinski definition) is 2. The maximum Gasteiger partial charge on any atom is 0.349 e. The van der Waals surface area contributed by atoms with Gasteiger partial charge in [0.05, 0.1) is 16.9 Å². The topological polar surface area (TPSA) is 118 Å². The second-order valence-electron chi connectivity index (χ2n) is 11.4. The monoisotopic (exact) mass is 565 g/mol. The summed E-state index contributed by atoms with van der Waals surface area (Å²) in [5, 5.41) is 13.2. The molecule has 2 N–H and O–H groups in total. The van der Waals surface area contributed by atoms with Crippen molar-refractivity contribution < 1.29 is 9.21 Å². The molecule has 0 radical (unpaired) electrons. The molecule has 2 aromatic carbocycles. The number of hydrogen-bond acceptors (Lipinski definition) is 9. The Morgan fingerprint density at radius 1 is 1.05 bits per heavy atom. The lowest BCUT2D eigenvalue weighted by molar-refractivity contribution is 0.101. The number of nitrogens with zero attached hydrogens (tertiary/aromatic N) is 5. The van der Waals surface area contributed by atoms with Crippen molar-refractivity contribution in [3.8, 4) is 11.3 Å². The molecule has 0 bridgehead atoms. The van der Waals surface area contributed by atoms with Gasteiger partial charge in [-0.2, -0.15) is 5.10 Å². The number of nitrogens with one attached hydrogen (secondary N) is 2. The molecule has 0 unspecified atom stereocenters. The third-order valence-corrected chi connectivity index (χ3v) is 7.96. The van der Waals surface area contributed by atoms with Crippen LogP contribution in [0.25, 0.3) is 33.1 Å². The summed E-state index contributed by atoms with van der Waals surface area (Å²) >= 11 is 0. The Morgan fingerprint density at radius 3 is 2.57 bits per heavy atom. The van der Waals surface area contributed by atoms with E-state index in [2.05, 4.69) is 52.6 Å². The van der Waals surface area contributed by atoms with E-state index in [1.54, 1.807) is 12.3 Å². The minimum Gasteiger partial charge on any atom is -0.422 e. The second-order valence-corrected chi connectivity index (χ2v) is 11.4. The minimum absolute atomic E-state index is 0.0596. The number of benzene rings is 2. The summed E-state index contributed by atoms with van der Waals surface area (Å²) in [5.41, 5.74) is 4.86. The lowest BCUT2D eigenvalue weighted by atomic mass is 10.0. The van der Waals surface area contributed by atoms with Crippen molar-refractivity contribution in [2.75, 3.05) is 30.8 Å². The predicted octanol–water partition coefficient (Wildman–Crippen LogP) is 5.71. The maximum atomic E-state index is 12.9. The molecule has 0 atom stereocenters. The summed E-state index contributed by atoms with van der Waals surface area (Å²) < 4.78 is 7.58. The first-order chi connectivity index (χ1) is 20.2. The van der Waals surface area contributed by atoms with Gasteiger partial charge in [0.1, 0.15) is 11.1 Å². The van der Waals surface area contributed by atoms with Gasteiger partial charge in [0.2, 0.25) is 5.95 Å². The van der Waals surface area contributed by atoms with Crippen LogP contribution >= 0.6 is 0 Å². The molecule has 1 fully saturated rings. The van der Waals surface area contributed by atoms with E-state index < -0.39 is 5.63 Å². The summed E-state index contributed by atoms with van der Waals surface area (Å²) in [6.45, 7) is 7.63. The minimum atomic E-state index is -0.646. The van der Waals surface area contributed by atoms with E-state index in [9.17, 15) is 9.59 Å². The van der Waals surface area contributed by atoms with E-state index in [0.29, 0.717) is 34.2 Å². The number of fused-ring (bicyclic) bond motifs is 2. The van der Waals surface area contributed by atoms with Crippen LogP contribution in [0.3, 0.4) is 0 Å². The van der Waals surface area contributed by atoms with E-state index >= 15 is 0 Å². The highest BCUT2D eigenvalue weighted by atomic mass is 16.4. The molecule has 0 aliphatic carbocycles. The molecule has 1 saturated heterocycles. The standard InChI is InChI=1S/C32H35N7O3/c1-18(2)30-24-16-20(6-9-26(24)37-39(30)5)25-10-13-33-32(36-25)35-22-7-8-23-27(17-22)42-31(41)28(19(3)40)29(23)34-21-11-14-38(4)15-12-21/h6-10,13,16-18,21,34H,11-12,14-15H2,1-5H3,(H,33,35,36).